The fraction of sp³-hybridized carbons (Fsp3) is 0.562. The van der Waals surface area contributed by atoms with E-state index in [1.807, 2.05) is 62.9 Å². The number of ether oxygens (including phenoxy) is 2. The van der Waals surface area contributed by atoms with Crippen LogP contribution in [-0.2, 0) is 26.0 Å². The van der Waals surface area contributed by atoms with Crippen molar-refractivity contribution in [3.8, 4) is 11.5 Å². The van der Waals surface area contributed by atoms with Crippen molar-refractivity contribution >= 4 is 21.8 Å². The van der Waals surface area contributed by atoms with Gasteiger partial charge in [-0.2, -0.15) is 4.31 Å². The number of benzene rings is 2. The van der Waals surface area contributed by atoms with Crippen LogP contribution in [-0.4, -0.2) is 91.2 Å². The molecule has 1 fully saturated rings. The molecule has 0 unspecified atom stereocenters. The van der Waals surface area contributed by atoms with E-state index in [9.17, 15) is 23.1 Å². The molecule has 2 atom stereocenters. The molecule has 2 N–H and O–H groups in total. The van der Waals surface area contributed by atoms with E-state index >= 15 is 0 Å². The molecule has 242 valence electrons. The van der Waals surface area contributed by atoms with E-state index in [2.05, 4.69) is 5.43 Å². The van der Waals surface area contributed by atoms with Gasteiger partial charge >= 0.3 is 0 Å². The van der Waals surface area contributed by atoms with Gasteiger partial charge in [0.2, 0.25) is 22.7 Å². The molecule has 2 heterocycles. The van der Waals surface area contributed by atoms with Gasteiger partial charge in [0.25, 0.3) is 5.91 Å². The third kappa shape index (κ3) is 8.93. The van der Waals surface area contributed by atoms with Gasteiger partial charge < -0.3 is 14.6 Å². The van der Waals surface area contributed by atoms with Crippen LogP contribution in [0.25, 0.3) is 0 Å². The average molecular weight is 631 g/mol. The number of rotatable bonds is 14. The standard InChI is InChI=1S/C32H46N4O7S/c1-23(2)16-32(39)36(33-31(38)21-34-14-8-9-15-34)27(17-25-10-6-5-7-11-25)28(37)20-35(19-24(3)4)44(40,41)26-12-13-29-30(18-26)43-22-42-29/h5-7,10-13,18,23-24,27-28,37H,8-9,14-17,19-22H2,1-4H3,(H,33,38)/t27-,28+/m0/s1. The van der Waals surface area contributed by atoms with Crippen LogP contribution in [0.15, 0.2) is 53.4 Å². The van der Waals surface area contributed by atoms with E-state index < -0.39 is 22.2 Å². The molecule has 0 radical (unpaired) electrons. The number of nitrogens with one attached hydrogen (secondary N) is 1. The van der Waals surface area contributed by atoms with Crippen LogP contribution in [0.5, 0.6) is 11.5 Å². The first-order valence-electron chi connectivity index (χ1n) is 15.4. The van der Waals surface area contributed by atoms with Gasteiger partial charge in [-0.15, -0.1) is 0 Å². The van der Waals surface area contributed by atoms with E-state index in [0.717, 1.165) is 31.5 Å². The average Bonchev–Trinajstić information content (AvgIpc) is 3.66. The molecule has 2 aromatic rings. The minimum absolute atomic E-state index is 0.00109. The molecule has 0 aromatic heterocycles. The van der Waals surface area contributed by atoms with Crippen molar-refractivity contribution in [3.05, 3.63) is 54.1 Å². The summed E-state index contributed by atoms with van der Waals surface area (Å²) in [6.45, 7) is 9.22. The lowest BCUT2D eigenvalue weighted by molar-refractivity contribution is -0.148. The van der Waals surface area contributed by atoms with Gasteiger partial charge in [0.15, 0.2) is 11.5 Å². The van der Waals surface area contributed by atoms with Gasteiger partial charge in [0.1, 0.15) is 0 Å². The van der Waals surface area contributed by atoms with Gasteiger partial charge in [-0.25, -0.2) is 13.4 Å². The van der Waals surface area contributed by atoms with Gasteiger partial charge in [0.05, 0.1) is 23.6 Å². The Balaban J connectivity index is 1.66. The zero-order chi connectivity index (χ0) is 31.9. The van der Waals surface area contributed by atoms with Crippen molar-refractivity contribution in [1.29, 1.82) is 0 Å². The summed E-state index contributed by atoms with van der Waals surface area (Å²) in [5.41, 5.74) is 3.64. The Morgan fingerprint density at radius 3 is 2.30 bits per heavy atom. The van der Waals surface area contributed by atoms with Crippen molar-refractivity contribution < 1.29 is 32.6 Å². The van der Waals surface area contributed by atoms with Crippen molar-refractivity contribution in [2.75, 3.05) is 39.5 Å². The minimum Gasteiger partial charge on any atom is -0.454 e. The van der Waals surface area contributed by atoms with Crippen LogP contribution in [0.4, 0.5) is 0 Å². The first-order valence-corrected chi connectivity index (χ1v) is 16.8. The number of hydrogen-bond donors (Lipinski definition) is 2. The fourth-order valence-electron chi connectivity index (χ4n) is 5.54. The molecule has 0 aliphatic carbocycles. The summed E-state index contributed by atoms with van der Waals surface area (Å²) in [7, 11) is -4.08. The molecule has 11 nitrogen and oxygen atoms in total. The number of carbonyl (C=O) groups is 2. The lowest BCUT2D eigenvalue weighted by Crippen LogP contribution is -2.60. The molecule has 44 heavy (non-hydrogen) atoms. The number of fused-ring (bicyclic) bond motifs is 1. The first-order chi connectivity index (χ1) is 20.9. The molecule has 2 amide bonds. The minimum atomic E-state index is -4.08. The van der Waals surface area contributed by atoms with E-state index in [1.165, 1.54) is 21.4 Å². The molecule has 0 bridgehead atoms. The van der Waals surface area contributed by atoms with Crippen molar-refractivity contribution in [2.45, 2.75) is 70.4 Å². The topological polar surface area (TPSA) is 129 Å². The summed E-state index contributed by atoms with van der Waals surface area (Å²) in [5, 5.41) is 13.1. The maximum Gasteiger partial charge on any atom is 0.252 e. The Bertz CT molecular complexity index is 1360. The number of carbonyl (C=O) groups excluding carboxylic acids is 2. The Hall–Kier alpha value is -3.19. The predicted octanol–water partition coefficient (Wildman–Crippen LogP) is 3.04. The van der Waals surface area contributed by atoms with Crippen LogP contribution in [0.1, 0.15) is 52.5 Å². The lowest BCUT2D eigenvalue weighted by atomic mass is 9.99. The second kappa shape index (κ2) is 15.2. The van der Waals surface area contributed by atoms with Crippen molar-refractivity contribution in [2.24, 2.45) is 11.8 Å². The number of sulfonamides is 1. The third-order valence-electron chi connectivity index (χ3n) is 7.67. The summed E-state index contributed by atoms with van der Waals surface area (Å²) in [6, 6.07) is 12.9. The number of amides is 2. The molecule has 2 aromatic carbocycles. The molecule has 0 saturated carbocycles. The Morgan fingerprint density at radius 2 is 1.64 bits per heavy atom. The molecule has 2 aliphatic rings. The Labute approximate surface area is 261 Å². The highest BCUT2D eigenvalue weighted by atomic mass is 32.2. The SMILES string of the molecule is CC(C)CC(=O)N(NC(=O)CN1CCCC1)[C@@H](Cc1ccccc1)[C@H](O)CN(CC(C)C)S(=O)(=O)c1ccc2c(c1)OCO2. The summed E-state index contributed by atoms with van der Waals surface area (Å²) in [5.74, 6) is 0.0526. The summed E-state index contributed by atoms with van der Waals surface area (Å²) in [6.07, 6.45) is 1.05. The number of hydrazine groups is 1. The number of likely N-dealkylation sites (tertiary alicyclic amines) is 1. The molecule has 1 saturated heterocycles. The normalized spacial score (nSPS) is 16.5. The number of hydrogen-bond acceptors (Lipinski definition) is 8. The summed E-state index contributed by atoms with van der Waals surface area (Å²) < 4.78 is 39.9. The molecule has 2 aliphatic heterocycles. The second-order valence-corrected chi connectivity index (χ2v) is 14.4. The quantitative estimate of drug-likeness (QED) is 0.305. The Kier molecular flexibility index (Phi) is 11.6. The van der Waals surface area contributed by atoms with E-state index in [4.69, 9.17) is 9.47 Å². The zero-order valence-corrected chi connectivity index (χ0v) is 27.0. The van der Waals surface area contributed by atoms with Crippen molar-refractivity contribution in [3.63, 3.8) is 0 Å². The van der Waals surface area contributed by atoms with Crippen LogP contribution in [0, 0.1) is 11.8 Å². The largest absolute Gasteiger partial charge is 0.454 e. The van der Waals surface area contributed by atoms with E-state index in [0.29, 0.717) is 11.5 Å². The predicted molar refractivity (Wildman–Crippen MR) is 166 cm³/mol. The smallest absolute Gasteiger partial charge is 0.252 e. The van der Waals surface area contributed by atoms with E-state index in [1.54, 1.807) is 6.07 Å². The first kappa shape index (κ1) is 33.7. The lowest BCUT2D eigenvalue weighted by Gasteiger charge is -2.37. The van der Waals surface area contributed by atoms with Gasteiger partial charge in [-0.05, 0) is 61.9 Å². The highest BCUT2D eigenvalue weighted by molar-refractivity contribution is 7.89. The van der Waals surface area contributed by atoms with Crippen LogP contribution in [0.2, 0.25) is 0 Å². The molecular weight excluding hydrogens is 584 g/mol. The maximum absolute atomic E-state index is 14.0. The molecular formula is C32H46N4O7S. The van der Waals surface area contributed by atoms with Gasteiger partial charge in [-0.3, -0.25) is 19.9 Å². The monoisotopic (exact) mass is 630 g/mol. The fourth-order valence-corrected chi connectivity index (χ4v) is 7.18. The van der Waals surface area contributed by atoms with Crippen LogP contribution >= 0.6 is 0 Å². The van der Waals surface area contributed by atoms with E-state index in [-0.39, 0.29) is 67.8 Å². The number of aliphatic hydroxyl groups is 1. The van der Waals surface area contributed by atoms with Crippen LogP contribution in [0.3, 0.4) is 0 Å². The molecule has 4 rings (SSSR count). The second-order valence-electron chi connectivity index (χ2n) is 12.4. The maximum atomic E-state index is 14.0. The van der Waals surface area contributed by atoms with Gasteiger partial charge in [0, 0.05) is 25.6 Å². The van der Waals surface area contributed by atoms with Gasteiger partial charge in [-0.1, -0.05) is 58.0 Å². The summed E-state index contributed by atoms with van der Waals surface area (Å²) >= 11 is 0. The number of aliphatic hydroxyl groups excluding tert-OH is 1. The molecule has 0 spiro atoms. The summed E-state index contributed by atoms with van der Waals surface area (Å²) in [4.78, 5) is 29.0. The highest BCUT2D eigenvalue weighted by Gasteiger charge is 2.36. The third-order valence-corrected chi connectivity index (χ3v) is 9.49. The van der Waals surface area contributed by atoms with Crippen LogP contribution < -0.4 is 14.9 Å². The van der Waals surface area contributed by atoms with Crippen molar-refractivity contribution in [1.82, 2.24) is 19.6 Å². The number of nitrogens with zero attached hydrogens (tertiary/aromatic N) is 3. The molecule has 12 heteroatoms. The highest BCUT2D eigenvalue weighted by Crippen LogP contribution is 2.35. The zero-order valence-electron chi connectivity index (χ0n) is 26.1. The Morgan fingerprint density at radius 1 is 0.955 bits per heavy atom.